The van der Waals surface area contributed by atoms with Gasteiger partial charge in [0, 0.05) is 24.7 Å². The van der Waals surface area contributed by atoms with Gasteiger partial charge in [-0.05, 0) is 61.6 Å². The van der Waals surface area contributed by atoms with Crippen LogP contribution in [0.15, 0.2) is 77.6 Å². The van der Waals surface area contributed by atoms with Crippen molar-refractivity contribution in [1.29, 1.82) is 0 Å². The number of nitrogens with zero attached hydrogens (tertiary/aromatic N) is 1. The normalized spacial score (nSPS) is 20.5. The summed E-state index contributed by atoms with van der Waals surface area (Å²) in [5.74, 6) is 0.909. The number of aromatic nitrogens is 1. The van der Waals surface area contributed by atoms with E-state index in [1.807, 2.05) is 24.3 Å². The minimum Gasteiger partial charge on any atom is -0.483 e. The van der Waals surface area contributed by atoms with E-state index in [4.69, 9.17) is 16.3 Å². The lowest BCUT2D eigenvalue weighted by Crippen LogP contribution is -2.39. The molecule has 0 spiro atoms. The number of hydrogen-bond acceptors (Lipinski definition) is 5. The van der Waals surface area contributed by atoms with Crippen LogP contribution in [-0.4, -0.2) is 28.6 Å². The zero-order valence-electron chi connectivity index (χ0n) is 19.1. The third kappa shape index (κ3) is 5.33. The van der Waals surface area contributed by atoms with E-state index in [0.29, 0.717) is 40.1 Å². The van der Waals surface area contributed by atoms with Crippen molar-refractivity contribution >= 4 is 40.7 Å². The Balaban J connectivity index is 1.29. The van der Waals surface area contributed by atoms with Gasteiger partial charge in [-0.3, -0.25) is 4.79 Å². The van der Waals surface area contributed by atoms with Crippen LogP contribution < -0.4 is 26.0 Å². The largest absolute Gasteiger partial charge is 0.483 e. The number of pyridine rings is 1. The van der Waals surface area contributed by atoms with Crippen LogP contribution in [0.3, 0.4) is 0 Å². The lowest BCUT2D eigenvalue weighted by atomic mass is 9.95. The quantitative estimate of drug-likeness (QED) is 0.384. The maximum Gasteiger partial charge on any atom is 0.319 e. The van der Waals surface area contributed by atoms with Gasteiger partial charge in [-0.25, -0.2) is 9.78 Å². The fraction of sp³-hybridized carbons (Fsp3) is 0.269. The van der Waals surface area contributed by atoms with Gasteiger partial charge in [0.25, 0.3) is 0 Å². The molecule has 2 bridgehead atoms. The van der Waals surface area contributed by atoms with Crippen LogP contribution in [0.5, 0.6) is 5.75 Å². The van der Waals surface area contributed by atoms with E-state index in [1.54, 1.807) is 24.4 Å². The molecular weight excluding hydrogens is 466 g/mol. The number of anilines is 3. The van der Waals surface area contributed by atoms with Crippen LogP contribution in [0.2, 0.25) is 0 Å². The van der Waals surface area contributed by atoms with Crippen LogP contribution >= 0.6 is 11.6 Å². The fourth-order valence-electron chi connectivity index (χ4n) is 4.34. The van der Waals surface area contributed by atoms with E-state index < -0.39 is 5.60 Å². The van der Waals surface area contributed by atoms with Crippen molar-refractivity contribution < 1.29 is 14.3 Å². The second-order valence-corrected chi connectivity index (χ2v) is 9.34. The first-order valence-corrected chi connectivity index (χ1v) is 11.9. The van der Waals surface area contributed by atoms with Crippen LogP contribution in [-0.2, 0) is 4.79 Å². The topological polar surface area (TPSA) is 104 Å². The van der Waals surface area contributed by atoms with Crippen molar-refractivity contribution in [3.05, 3.63) is 77.6 Å². The number of ether oxygens (including phenoxy) is 1. The molecule has 180 valence electrons. The standard InChI is InChI=1S/C26H26ClN5O3/c1-2-23(33)31-21-6-4-3-5-20(21)30-22-13-18(10-12-28-22)35-26-11-9-16(14-26)24(19(27)15-26)32-25(34)29-17-7-8-17/h2-6,10,12-13,15,17H,1,7-9,11,14H2,(H,28,30)(H,31,33)(H2,29,32,34). The Bertz CT molecular complexity index is 1250. The summed E-state index contributed by atoms with van der Waals surface area (Å²) < 4.78 is 6.44. The summed E-state index contributed by atoms with van der Waals surface area (Å²) in [6, 6.07) is 11.0. The molecule has 3 aliphatic rings. The SMILES string of the molecule is C=CC(=O)Nc1ccccc1Nc1cc(OC23C=C(Cl)C(NC(=O)NC4CC4)=C(CC2)C3)ccn1. The highest BCUT2D eigenvalue weighted by Crippen LogP contribution is 2.46. The molecular formula is C26H26ClN5O3. The minimum atomic E-state index is -0.570. The average molecular weight is 492 g/mol. The van der Waals surface area contributed by atoms with Gasteiger partial charge in [0.05, 0.1) is 22.1 Å². The molecule has 35 heavy (non-hydrogen) atoms. The number of hydrogen-bond donors (Lipinski definition) is 4. The van der Waals surface area contributed by atoms with Crippen molar-refractivity contribution in [2.75, 3.05) is 10.6 Å². The van der Waals surface area contributed by atoms with Crippen LogP contribution in [0, 0.1) is 0 Å². The van der Waals surface area contributed by atoms with Crippen LogP contribution in [0.4, 0.5) is 22.0 Å². The first-order chi connectivity index (χ1) is 16.9. The summed E-state index contributed by atoms with van der Waals surface area (Å²) in [6.45, 7) is 3.49. The van der Waals surface area contributed by atoms with Crippen molar-refractivity contribution in [2.45, 2.75) is 43.7 Å². The van der Waals surface area contributed by atoms with Crippen molar-refractivity contribution in [3.8, 4) is 5.75 Å². The molecule has 1 aromatic carbocycles. The number of carbonyl (C=O) groups is 2. The van der Waals surface area contributed by atoms with E-state index in [9.17, 15) is 9.59 Å². The zero-order chi connectivity index (χ0) is 24.4. The Morgan fingerprint density at radius 2 is 1.97 bits per heavy atom. The number of amides is 3. The van der Waals surface area contributed by atoms with Gasteiger partial charge in [-0.1, -0.05) is 30.3 Å². The van der Waals surface area contributed by atoms with Gasteiger partial charge in [0.1, 0.15) is 17.2 Å². The summed E-state index contributed by atoms with van der Waals surface area (Å²) in [7, 11) is 0. The fourth-order valence-corrected chi connectivity index (χ4v) is 4.72. The zero-order valence-corrected chi connectivity index (χ0v) is 19.8. The summed E-state index contributed by atoms with van der Waals surface area (Å²) in [6.07, 6.45) is 9.03. The molecule has 0 aliphatic heterocycles. The van der Waals surface area contributed by atoms with E-state index >= 15 is 0 Å². The Hall–Kier alpha value is -3.78. The van der Waals surface area contributed by atoms with Crippen molar-refractivity contribution in [3.63, 3.8) is 0 Å². The molecule has 1 heterocycles. The third-order valence-corrected chi connectivity index (χ3v) is 6.48. The van der Waals surface area contributed by atoms with E-state index in [2.05, 4.69) is 32.8 Å². The highest BCUT2D eigenvalue weighted by molar-refractivity contribution is 6.32. The number of halogens is 1. The molecule has 0 radical (unpaired) electrons. The molecule has 5 rings (SSSR count). The molecule has 2 aromatic rings. The minimum absolute atomic E-state index is 0.212. The first kappa shape index (κ1) is 23.0. The predicted molar refractivity (Wildman–Crippen MR) is 136 cm³/mol. The van der Waals surface area contributed by atoms with E-state index in [1.165, 1.54) is 6.08 Å². The Kier molecular flexibility index (Phi) is 6.21. The Morgan fingerprint density at radius 1 is 1.17 bits per heavy atom. The lowest BCUT2D eigenvalue weighted by molar-refractivity contribution is -0.111. The average Bonchev–Trinajstić information content (AvgIpc) is 3.58. The number of rotatable bonds is 8. The van der Waals surface area contributed by atoms with E-state index in [-0.39, 0.29) is 18.0 Å². The third-order valence-electron chi connectivity index (χ3n) is 6.18. The molecule has 3 aliphatic carbocycles. The van der Waals surface area contributed by atoms with Crippen LogP contribution in [0.25, 0.3) is 0 Å². The number of allylic oxidation sites excluding steroid dienone is 1. The van der Waals surface area contributed by atoms with Gasteiger partial charge in [-0.2, -0.15) is 0 Å². The highest BCUT2D eigenvalue weighted by Gasteiger charge is 2.42. The molecule has 4 N–H and O–H groups in total. The summed E-state index contributed by atoms with van der Waals surface area (Å²) >= 11 is 6.59. The van der Waals surface area contributed by atoms with Crippen molar-refractivity contribution in [1.82, 2.24) is 15.6 Å². The highest BCUT2D eigenvalue weighted by atomic mass is 35.5. The molecule has 1 aromatic heterocycles. The smallest absolute Gasteiger partial charge is 0.319 e. The number of benzene rings is 1. The Morgan fingerprint density at radius 3 is 2.74 bits per heavy atom. The Labute approximate surface area is 208 Å². The number of urea groups is 1. The number of nitrogens with one attached hydrogen (secondary N) is 4. The van der Waals surface area contributed by atoms with Gasteiger partial charge >= 0.3 is 6.03 Å². The number of carbonyl (C=O) groups excluding carboxylic acids is 2. The molecule has 2 saturated carbocycles. The molecule has 3 amide bonds. The monoisotopic (exact) mass is 491 g/mol. The predicted octanol–water partition coefficient (Wildman–Crippen LogP) is 5.10. The second-order valence-electron chi connectivity index (χ2n) is 8.93. The summed E-state index contributed by atoms with van der Waals surface area (Å²) in [5.41, 5.74) is 2.51. The van der Waals surface area contributed by atoms with Gasteiger partial charge < -0.3 is 26.0 Å². The molecule has 8 nitrogen and oxygen atoms in total. The van der Waals surface area contributed by atoms with E-state index in [0.717, 1.165) is 31.3 Å². The molecule has 0 saturated heterocycles. The number of para-hydroxylation sites is 2. The van der Waals surface area contributed by atoms with Gasteiger partial charge in [0.2, 0.25) is 5.91 Å². The first-order valence-electron chi connectivity index (χ1n) is 11.6. The maximum atomic E-state index is 12.2. The molecule has 9 heteroatoms. The second kappa shape index (κ2) is 9.46. The van der Waals surface area contributed by atoms with Crippen LogP contribution in [0.1, 0.15) is 32.1 Å². The van der Waals surface area contributed by atoms with Crippen molar-refractivity contribution in [2.24, 2.45) is 0 Å². The molecule has 1 atom stereocenters. The number of fused-ring (bicyclic) bond motifs is 2. The lowest BCUT2D eigenvalue weighted by Gasteiger charge is -2.30. The summed E-state index contributed by atoms with van der Waals surface area (Å²) in [4.78, 5) is 28.4. The molecule has 1 unspecified atom stereocenters. The summed E-state index contributed by atoms with van der Waals surface area (Å²) in [5, 5.41) is 12.4. The van der Waals surface area contributed by atoms with Gasteiger partial charge in [0.15, 0.2) is 0 Å². The maximum absolute atomic E-state index is 12.2. The van der Waals surface area contributed by atoms with Gasteiger partial charge in [-0.15, -0.1) is 0 Å². The molecule has 2 fully saturated rings.